The fraction of sp³-hybridized carbons (Fsp3) is 0.0769. The predicted octanol–water partition coefficient (Wildman–Crippen LogP) is 2.07. The molecule has 0 aliphatic rings. The van der Waals surface area contributed by atoms with Crippen LogP contribution in [0.1, 0.15) is 15.9 Å². The Morgan fingerprint density at radius 3 is 2.84 bits per heavy atom. The molecule has 0 aliphatic heterocycles. The van der Waals surface area contributed by atoms with Crippen molar-refractivity contribution in [1.82, 2.24) is 4.98 Å². The van der Waals surface area contributed by atoms with Crippen LogP contribution in [0.15, 0.2) is 36.5 Å². The number of rotatable bonds is 3. The Hall–Kier alpha value is -2.47. The number of aromatic nitrogens is 1. The van der Waals surface area contributed by atoms with Gasteiger partial charge in [-0.2, -0.15) is 0 Å². The number of aryl methyl sites for hydroxylation is 1. The number of hydrazine groups is 1. The first-order valence-corrected chi connectivity index (χ1v) is 5.61. The normalized spacial score (nSPS) is 10.1. The third kappa shape index (κ3) is 2.86. The number of amides is 1. The lowest BCUT2D eigenvalue weighted by atomic mass is 10.2. The molecule has 5 nitrogen and oxygen atoms in total. The van der Waals surface area contributed by atoms with E-state index in [0.29, 0.717) is 5.69 Å². The van der Waals surface area contributed by atoms with Crippen LogP contribution in [0, 0.1) is 12.7 Å². The third-order valence-electron chi connectivity index (χ3n) is 2.55. The van der Waals surface area contributed by atoms with Gasteiger partial charge in [0.25, 0.3) is 5.91 Å². The molecule has 98 valence electrons. The van der Waals surface area contributed by atoms with E-state index < -0.39 is 11.7 Å². The molecule has 6 heteroatoms. The molecular weight excluding hydrogens is 247 g/mol. The number of pyridine rings is 1. The molecule has 2 aromatic rings. The summed E-state index contributed by atoms with van der Waals surface area (Å²) >= 11 is 0. The minimum Gasteiger partial charge on any atom is -0.322 e. The summed E-state index contributed by atoms with van der Waals surface area (Å²) in [6, 6.07) is 8.52. The number of nitrogens with two attached hydrogens (primary N) is 1. The highest BCUT2D eigenvalue weighted by atomic mass is 19.1. The van der Waals surface area contributed by atoms with Crippen molar-refractivity contribution in [3.05, 3.63) is 53.5 Å². The van der Waals surface area contributed by atoms with Gasteiger partial charge in [-0.25, -0.2) is 15.2 Å². The summed E-state index contributed by atoms with van der Waals surface area (Å²) in [5.74, 6) is 3.60. The smallest absolute Gasteiger partial charge is 0.258 e. The van der Waals surface area contributed by atoms with Gasteiger partial charge in [0, 0.05) is 11.9 Å². The summed E-state index contributed by atoms with van der Waals surface area (Å²) < 4.78 is 13.8. The SMILES string of the molecule is Cc1cccc(NC(=O)c2ccnc(NN)c2F)c1. The van der Waals surface area contributed by atoms with Crippen LogP contribution in [0.5, 0.6) is 0 Å². The Morgan fingerprint density at radius 2 is 2.16 bits per heavy atom. The molecule has 0 radical (unpaired) electrons. The van der Waals surface area contributed by atoms with E-state index in [1.165, 1.54) is 12.3 Å². The van der Waals surface area contributed by atoms with Gasteiger partial charge in [0.15, 0.2) is 11.6 Å². The number of nitrogens with zero attached hydrogens (tertiary/aromatic N) is 1. The number of hydrogen-bond acceptors (Lipinski definition) is 4. The van der Waals surface area contributed by atoms with Crippen molar-refractivity contribution in [1.29, 1.82) is 0 Å². The number of benzene rings is 1. The first kappa shape index (κ1) is 13.0. The first-order chi connectivity index (χ1) is 9.11. The molecule has 2 rings (SSSR count). The Balaban J connectivity index is 2.25. The van der Waals surface area contributed by atoms with Crippen LogP contribution >= 0.6 is 0 Å². The molecule has 0 saturated carbocycles. The van der Waals surface area contributed by atoms with Crippen LogP contribution in [-0.4, -0.2) is 10.9 Å². The average molecular weight is 260 g/mol. The zero-order valence-electron chi connectivity index (χ0n) is 10.3. The lowest BCUT2D eigenvalue weighted by molar-refractivity contribution is 0.102. The van der Waals surface area contributed by atoms with Gasteiger partial charge in [-0.3, -0.25) is 4.79 Å². The molecule has 0 aliphatic carbocycles. The zero-order valence-corrected chi connectivity index (χ0v) is 10.3. The van der Waals surface area contributed by atoms with Crippen LogP contribution in [0.25, 0.3) is 0 Å². The Labute approximate surface area is 109 Å². The summed E-state index contributed by atoms with van der Waals surface area (Å²) in [6.07, 6.45) is 1.31. The van der Waals surface area contributed by atoms with E-state index in [2.05, 4.69) is 15.7 Å². The number of halogens is 1. The van der Waals surface area contributed by atoms with Crippen molar-refractivity contribution in [3.63, 3.8) is 0 Å². The first-order valence-electron chi connectivity index (χ1n) is 5.61. The van der Waals surface area contributed by atoms with Crippen LogP contribution in [0.3, 0.4) is 0 Å². The molecule has 1 heterocycles. The predicted molar refractivity (Wildman–Crippen MR) is 71.1 cm³/mol. The molecule has 0 saturated heterocycles. The minimum atomic E-state index is -0.782. The Bertz CT molecular complexity index is 615. The Kier molecular flexibility index (Phi) is 3.72. The molecule has 1 aromatic carbocycles. The summed E-state index contributed by atoms with van der Waals surface area (Å²) in [5, 5.41) is 2.62. The van der Waals surface area contributed by atoms with E-state index in [1.54, 1.807) is 18.2 Å². The number of anilines is 2. The van der Waals surface area contributed by atoms with Gasteiger partial charge >= 0.3 is 0 Å². The maximum atomic E-state index is 13.8. The molecular formula is C13H13FN4O. The lowest BCUT2D eigenvalue weighted by Gasteiger charge is -2.08. The summed E-state index contributed by atoms with van der Waals surface area (Å²) in [6.45, 7) is 1.90. The molecule has 1 amide bonds. The highest BCUT2D eigenvalue weighted by molar-refractivity contribution is 6.04. The number of carbonyl (C=O) groups is 1. The monoisotopic (exact) mass is 260 g/mol. The van der Waals surface area contributed by atoms with Crippen LogP contribution in [-0.2, 0) is 0 Å². The highest BCUT2D eigenvalue weighted by Gasteiger charge is 2.15. The molecule has 1 aromatic heterocycles. The second kappa shape index (κ2) is 5.45. The van der Waals surface area contributed by atoms with Crippen molar-refractivity contribution < 1.29 is 9.18 Å². The summed E-state index contributed by atoms with van der Waals surface area (Å²) in [7, 11) is 0. The highest BCUT2D eigenvalue weighted by Crippen LogP contribution is 2.16. The molecule has 0 unspecified atom stereocenters. The molecule has 4 N–H and O–H groups in total. The molecule has 0 bridgehead atoms. The minimum absolute atomic E-state index is 0.121. The van der Waals surface area contributed by atoms with Gasteiger partial charge in [0.05, 0.1) is 5.56 Å². The van der Waals surface area contributed by atoms with E-state index in [-0.39, 0.29) is 11.4 Å². The van der Waals surface area contributed by atoms with Gasteiger partial charge in [-0.15, -0.1) is 0 Å². The second-order valence-corrected chi connectivity index (χ2v) is 3.99. The van der Waals surface area contributed by atoms with E-state index >= 15 is 0 Å². The zero-order chi connectivity index (χ0) is 13.8. The summed E-state index contributed by atoms with van der Waals surface area (Å²) in [5.41, 5.74) is 3.57. The van der Waals surface area contributed by atoms with Crippen molar-refractivity contribution >= 4 is 17.4 Å². The van der Waals surface area contributed by atoms with Crippen LogP contribution < -0.4 is 16.6 Å². The quantitative estimate of drug-likeness (QED) is 0.583. The standard InChI is InChI=1S/C13H13FN4O/c1-8-3-2-4-9(7-8)17-13(19)10-5-6-16-12(18-15)11(10)14/h2-7H,15H2,1H3,(H,16,18)(H,17,19). The van der Waals surface area contributed by atoms with Gasteiger partial charge < -0.3 is 10.7 Å². The molecule has 0 atom stereocenters. The van der Waals surface area contributed by atoms with Crippen molar-refractivity contribution in [3.8, 4) is 0 Å². The van der Waals surface area contributed by atoms with Crippen molar-refractivity contribution in [2.45, 2.75) is 6.92 Å². The lowest BCUT2D eigenvalue weighted by Crippen LogP contribution is -2.17. The largest absolute Gasteiger partial charge is 0.322 e. The van der Waals surface area contributed by atoms with Crippen molar-refractivity contribution in [2.75, 3.05) is 10.7 Å². The third-order valence-corrected chi connectivity index (χ3v) is 2.55. The number of carbonyl (C=O) groups excluding carboxylic acids is 1. The Morgan fingerprint density at radius 1 is 1.37 bits per heavy atom. The fourth-order valence-corrected chi connectivity index (χ4v) is 1.64. The van der Waals surface area contributed by atoms with Crippen LogP contribution in [0.2, 0.25) is 0 Å². The van der Waals surface area contributed by atoms with Crippen LogP contribution in [0.4, 0.5) is 15.9 Å². The van der Waals surface area contributed by atoms with E-state index in [0.717, 1.165) is 5.56 Å². The number of nitrogen functional groups attached to an aromatic ring is 1. The molecule has 19 heavy (non-hydrogen) atoms. The van der Waals surface area contributed by atoms with Gasteiger partial charge in [-0.1, -0.05) is 12.1 Å². The average Bonchev–Trinajstić information content (AvgIpc) is 2.39. The van der Waals surface area contributed by atoms with Crippen molar-refractivity contribution in [2.24, 2.45) is 5.84 Å². The summed E-state index contributed by atoms with van der Waals surface area (Å²) in [4.78, 5) is 15.6. The van der Waals surface area contributed by atoms with Gasteiger partial charge in [0.1, 0.15) is 0 Å². The van der Waals surface area contributed by atoms with E-state index in [4.69, 9.17) is 5.84 Å². The number of nitrogens with one attached hydrogen (secondary N) is 2. The fourth-order valence-electron chi connectivity index (χ4n) is 1.64. The van der Waals surface area contributed by atoms with E-state index in [1.807, 2.05) is 13.0 Å². The van der Waals surface area contributed by atoms with E-state index in [9.17, 15) is 9.18 Å². The molecule has 0 fully saturated rings. The maximum Gasteiger partial charge on any atom is 0.258 e. The van der Waals surface area contributed by atoms with Gasteiger partial charge in [-0.05, 0) is 30.7 Å². The second-order valence-electron chi connectivity index (χ2n) is 3.99. The maximum absolute atomic E-state index is 13.8. The van der Waals surface area contributed by atoms with Gasteiger partial charge in [0.2, 0.25) is 0 Å². The molecule has 0 spiro atoms. The number of hydrogen-bond donors (Lipinski definition) is 3. The topological polar surface area (TPSA) is 80.0 Å².